The number of benzene rings is 3. The molecular weight excluding hydrogens is 700 g/mol. The molecule has 2 saturated heterocycles. The van der Waals surface area contributed by atoms with E-state index in [0.717, 1.165) is 76.4 Å². The number of hydrogen-bond acceptors (Lipinski definition) is 9. The van der Waals surface area contributed by atoms with Gasteiger partial charge in [0.1, 0.15) is 5.75 Å². The number of anilines is 1. The maximum Gasteiger partial charge on any atom is 0.414 e. The fourth-order valence-electron chi connectivity index (χ4n) is 6.55. The van der Waals surface area contributed by atoms with Crippen LogP contribution in [0.25, 0.3) is 0 Å². The third-order valence-corrected chi connectivity index (χ3v) is 9.31. The lowest BCUT2D eigenvalue weighted by Crippen LogP contribution is -2.50. The standard InChI is InChI=1S/C35H42N4O3.2C2H2O4/c40-34-16-13-29-9-4-5-10-33(29)39(34)31-17-20-38(21-18-31)35(41)30-11-14-32(15-12-30)42-26-6-19-36-22-24-37(25-23-36)27-28-7-2-1-3-8-28;2*3-1(4)2(5)6/h1-5,7-12,14-15,31H,6,13,16-27H2;2*(H,3,4)(H,5,6). The van der Waals surface area contributed by atoms with Crippen LogP contribution in [-0.4, -0.2) is 129 Å². The van der Waals surface area contributed by atoms with Crippen molar-refractivity contribution in [2.45, 2.75) is 44.7 Å². The summed E-state index contributed by atoms with van der Waals surface area (Å²) in [4.78, 5) is 71.4. The number of piperidine rings is 1. The van der Waals surface area contributed by atoms with Gasteiger partial charge in [0, 0.05) is 76.1 Å². The van der Waals surface area contributed by atoms with Gasteiger partial charge >= 0.3 is 23.9 Å². The molecule has 6 rings (SSSR count). The Morgan fingerprint density at radius 3 is 1.80 bits per heavy atom. The van der Waals surface area contributed by atoms with Crippen LogP contribution in [0.4, 0.5) is 5.69 Å². The van der Waals surface area contributed by atoms with Crippen molar-refractivity contribution in [1.82, 2.24) is 14.7 Å². The molecule has 2 fully saturated rings. The molecule has 0 bridgehead atoms. The third-order valence-electron chi connectivity index (χ3n) is 9.31. The number of likely N-dealkylation sites (tertiary alicyclic amines) is 1. The van der Waals surface area contributed by atoms with Gasteiger partial charge in [0.05, 0.1) is 6.61 Å². The van der Waals surface area contributed by atoms with E-state index in [1.807, 2.05) is 46.2 Å². The van der Waals surface area contributed by atoms with Crippen molar-refractivity contribution in [3.63, 3.8) is 0 Å². The van der Waals surface area contributed by atoms with Crippen LogP contribution < -0.4 is 9.64 Å². The maximum atomic E-state index is 13.2. The molecule has 0 aliphatic carbocycles. The molecule has 3 aliphatic heterocycles. The van der Waals surface area contributed by atoms with Crippen molar-refractivity contribution >= 4 is 41.4 Å². The Morgan fingerprint density at radius 2 is 1.20 bits per heavy atom. The largest absolute Gasteiger partial charge is 0.494 e. The molecule has 0 spiro atoms. The lowest BCUT2D eigenvalue weighted by atomic mass is 9.95. The molecule has 3 aromatic rings. The summed E-state index contributed by atoms with van der Waals surface area (Å²) >= 11 is 0. The van der Waals surface area contributed by atoms with Crippen LogP contribution in [-0.2, 0) is 36.9 Å². The summed E-state index contributed by atoms with van der Waals surface area (Å²) in [7, 11) is 0. The first kappa shape index (κ1) is 41.0. The number of ether oxygens (including phenoxy) is 1. The van der Waals surface area contributed by atoms with Crippen molar-refractivity contribution in [3.05, 3.63) is 95.6 Å². The Labute approximate surface area is 313 Å². The predicted octanol–water partition coefficient (Wildman–Crippen LogP) is 3.17. The minimum Gasteiger partial charge on any atom is -0.494 e. The monoisotopic (exact) mass is 746 g/mol. The fraction of sp³-hybridized carbons (Fsp3) is 0.385. The summed E-state index contributed by atoms with van der Waals surface area (Å²) < 4.78 is 6.00. The van der Waals surface area contributed by atoms with E-state index >= 15 is 0 Å². The average molecular weight is 747 g/mol. The highest BCUT2D eigenvalue weighted by Crippen LogP contribution is 2.32. The maximum absolute atomic E-state index is 13.2. The van der Waals surface area contributed by atoms with Gasteiger partial charge in [-0.25, -0.2) is 19.2 Å². The first-order valence-corrected chi connectivity index (χ1v) is 17.8. The smallest absolute Gasteiger partial charge is 0.414 e. The van der Waals surface area contributed by atoms with Gasteiger partial charge in [-0.2, -0.15) is 0 Å². The van der Waals surface area contributed by atoms with Gasteiger partial charge in [0.25, 0.3) is 5.91 Å². The minimum absolute atomic E-state index is 0.0526. The Hall–Kier alpha value is -5.80. The molecule has 15 nitrogen and oxygen atoms in total. The highest BCUT2D eigenvalue weighted by Gasteiger charge is 2.33. The molecule has 2 amide bonds. The van der Waals surface area contributed by atoms with Gasteiger partial charge in [0.15, 0.2) is 0 Å². The molecular formula is C39H46N4O11. The van der Waals surface area contributed by atoms with E-state index in [9.17, 15) is 9.59 Å². The van der Waals surface area contributed by atoms with E-state index in [4.69, 9.17) is 44.3 Å². The highest BCUT2D eigenvalue weighted by molar-refractivity contribution is 6.27. The zero-order valence-corrected chi connectivity index (χ0v) is 29.9. The van der Waals surface area contributed by atoms with Gasteiger partial charge in [-0.15, -0.1) is 0 Å². The van der Waals surface area contributed by atoms with Crippen LogP contribution in [0, 0.1) is 0 Å². The van der Waals surface area contributed by atoms with Gasteiger partial charge in [-0.05, 0) is 67.1 Å². The van der Waals surface area contributed by atoms with Crippen molar-refractivity contribution in [1.29, 1.82) is 0 Å². The molecule has 0 saturated carbocycles. The molecule has 3 aromatic carbocycles. The lowest BCUT2D eigenvalue weighted by Gasteiger charge is -2.41. The fourth-order valence-corrected chi connectivity index (χ4v) is 6.55. The molecule has 0 aromatic heterocycles. The number of carboxylic acids is 4. The number of carbonyl (C=O) groups excluding carboxylic acids is 2. The quantitative estimate of drug-likeness (QED) is 0.184. The van der Waals surface area contributed by atoms with Gasteiger partial charge in [0.2, 0.25) is 5.91 Å². The summed E-state index contributed by atoms with van der Waals surface area (Å²) in [6, 6.07) is 26.6. The molecule has 0 unspecified atom stereocenters. The molecule has 15 heteroatoms. The van der Waals surface area contributed by atoms with Crippen LogP contribution in [0.5, 0.6) is 5.75 Å². The minimum atomic E-state index is -1.82. The Bertz CT molecular complexity index is 1690. The van der Waals surface area contributed by atoms with E-state index in [1.165, 1.54) is 11.1 Å². The predicted molar refractivity (Wildman–Crippen MR) is 196 cm³/mol. The van der Waals surface area contributed by atoms with E-state index in [1.54, 1.807) is 0 Å². The molecule has 0 radical (unpaired) electrons. The topological polar surface area (TPSA) is 206 Å². The molecule has 3 heterocycles. The van der Waals surface area contributed by atoms with Crippen molar-refractivity contribution in [2.75, 3.05) is 57.3 Å². The van der Waals surface area contributed by atoms with E-state index in [0.29, 0.717) is 31.7 Å². The number of aliphatic carboxylic acids is 4. The van der Waals surface area contributed by atoms with Gasteiger partial charge in [-0.3, -0.25) is 14.5 Å². The van der Waals surface area contributed by atoms with Crippen LogP contribution in [0.3, 0.4) is 0 Å². The molecule has 288 valence electrons. The average Bonchev–Trinajstić information content (AvgIpc) is 3.18. The number of carbonyl (C=O) groups is 6. The van der Waals surface area contributed by atoms with Crippen LogP contribution in [0.1, 0.15) is 47.2 Å². The zero-order chi connectivity index (χ0) is 39.0. The van der Waals surface area contributed by atoms with Crippen molar-refractivity contribution in [3.8, 4) is 5.75 Å². The number of aryl methyl sites for hydroxylation is 1. The van der Waals surface area contributed by atoms with Crippen LogP contribution in [0.2, 0.25) is 0 Å². The Balaban J connectivity index is 0.000000470. The number of fused-ring (bicyclic) bond motifs is 1. The lowest BCUT2D eigenvalue weighted by molar-refractivity contribution is -0.159. The Morgan fingerprint density at radius 1 is 0.648 bits per heavy atom. The number of piperazine rings is 1. The second kappa shape index (κ2) is 20.4. The third kappa shape index (κ3) is 12.4. The second-order valence-corrected chi connectivity index (χ2v) is 13.0. The zero-order valence-electron chi connectivity index (χ0n) is 29.9. The first-order chi connectivity index (χ1) is 25.9. The molecule has 4 N–H and O–H groups in total. The highest BCUT2D eigenvalue weighted by atomic mass is 16.5. The van der Waals surface area contributed by atoms with E-state index in [2.05, 4.69) is 52.3 Å². The summed E-state index contributed by atoms with van der Waals surface area (Å²) in [5, 5.41) is 29.6. The number of nitrogens with zero attached hydrogens (tertiary/aromatic N) is 4. The van der Waals surface area contributed by atoms with E-state index < -0.39 is 23.9 Å². The van der Waals surface area contributed by atoms with E-state index in [-0.39, 0.29) is 17.9 Å². The van der Waals surface area contributed by atoms with Crippen LogP contribution >= 0.6 is 0 Å². The number of rotatable bonds is 9. The summed E-state index contributed by atoms with van der Waals surface area (Å²) in [5.41, 5.74) is 4.37. The summed E-state index contributed by atoms with van der Waals surface area (Å²) in [5.74, 6) is -6.23. The second-order valence-electron chi connectivity index (χ2n) is 13.0. The number of amides is 2. The number of carboxylic acid groups (broad SMARTS) is 4. The molecule has 54 heavy (non-hydrogen) atoms. The summed E-state index contributed by atoms with van der Waals surface area (Å²) in [6.07, 6.45) is 3.97. The number of hydrogen-bond donors (Lipinski definition) is 4. The van der Waals surface area contributed by atoms with Crippen LogP contribution in [0.15, 0.2) is 78.9 Å². The normalized spacial score (nSPS) is 16.1. The Kier molecular flexibility index (Phi) is 15.5. The van der Waals surface area contributed by atoms with Gasteiger partial charge < -0.3 is 39.9 Å². The van der Waals surface area contributed by atoms with Crippen molar-refractivity contribution < 1.29 is 53.9 Å². The number of para-hydroxylation sites is 1. The molecule has 0 atom stereocenters. The SMILES string of the molecule is O=C(O)C(=O)O.O=C(O)C(=O)O.O=C(c1ccc(OCCCN2CCN(Cc3ccccc3)CC2)cc1)N1CCC(N2C(=O)CCc3ccccc32)CC1. The van der Waals surface area contributed by atoms with Gasteiger partial charge in [-0.1, -0.05) is 48.5 Å². The first-order valence-electron chi connectivity index (χ1n) is 17.8. The molecule has 3 aliphatic rings. The van der Waals surface area contributed by atoms with Crippen molar-refractivity contribution in [2.24, 2.45) is 0 Å². The summed E-state index contributed by atoms with van der Waals surface area (Å²) in [6.45, 7) is 8.47.